The Kier molecular flexibility index (Phi) is 6.87. The molecular formula is C19H20N2O5. The minimum Gasteiger partial charge on any atom is -0.454 e. The summed E-state index contributed by atoms with van der Waals surface area (Å²) in [6, 6.07) is 14.1. The maximum atomic E-state index is 12.0. The average molecular weight is 356 g/mol. The van der Waals surface area contributed by atoms with Crippen LogP contribution in [0.5, 0.6) is 0 Å². The van der Waals surface area contributed by atoms with Crippen LogP contribution in [0.1, 0.15) is 15.9 Å². The Balaban J connectivity index is 1.83. The molecule has 3 N–H and O–H groups in total. The molecule has 2 aromatic rings. The number of carbonyl (C=O) groups excluding carboxylic acids is 3. The molecule has 26 heavy (non-hydrogen) atoms. The monoisotopic (exact) mass is 356 g/mol. The summed E-state index contributed by atoms with van der Waals surface area (Å²) >= 11 is 0. The van der Waals surface area contributed by atoms with E-state index in [1.807, 2.05) is 19.1 Å². The molecule has 0 fully saturated rings. The lowest BCUT2D eigenvalue weighted by Gasteiger charge is -2.15. The summed E-state index contributed by atoms with van der Waals surface area (Å²) in [6.07, 6.45) is 0. The first-order valence-electron chi connectivity index (χ1n) is 7.99. The van der Waals surface area contributed by atoms with Crippen LogP contribution in [-0.2, 0) is 14.3 Å². The maximum Gasteiger partial charge on any atom is 0.331 e. The molecule has 0 bridgehead atoms. The van der Waals surface area contributed by atoms with Crippen molar-refractivity contribution in [1.82, 2.24) is 5.32 Å². The molecule has 7 heteroatoms. The smallest absolute Gasteiger partial charge is 0.331 e. The van der Waals surface area contributed by atoms with E-state index in [-0.39, 0.29) is 0 Å². The number of aryl methyl sites for hydroxylation is 1. The predicted molar refractivity (Wildman–Crippen MR) is 95.5 cm³/mol. The van der Waals surface area contributed by atoms with E-state index < -0.39 is 37.0 Å². The molecular weight excluding hydrogens is 336 g/mol. The molecule has 2 rings (SSSR count). The van der Waals surface area contributed by atoms with Crippen molar-refractivity contribution < 1.29 is 24.2 Å². The van der Waals surface area contributed by atoms with Gasteiger partial charge in [-0.05, 0) is 31.2 Å². The lowest BCUT2D eigenvalue weighted by atomic mass is 10.2. The second-order valence-corrected chi connectivity index (χ2v) is 5.60. The zero-order valence-electron chi connectivity index (χ0n) is 14.3. The van der Waals surface area contributed by atoms with Gasteiger partial charge in [0.1, 0.15) is 0 Å². The maximum absolute atomic E-state index is 12.0. The van der Waals surface area contributed by atoms with Crippen molar-refractivity contribution in [2.24, 2.45) is 0 Å². The molecule has 2 aromatic carbocycles. The molecule has 0 aliphatic heterocycles. The van der Waals surface area contributed by atoms with E-state index in [9.17, 15) is 19.5 Å². The second kappa shape index (κ2) is 9.33. The molecule has 7 nitrogen and oxygen atoms in total. The van der Waals surface area contributed by atoms with Gasteiger partial charge >= 0.3 is 5.97 Å². The van der Waals surface area contributed by atoms with Gasteiger partial charge in [0.05, 0.1) is 6.61 Å². The summed E-state index contributed by atoms with van der Waals surface area (Å²) < 4.78 is 4.86. The van der Waals surface area contributed by atoms with Gasteiger partial charge in [-0.3, -0.25) is 9.59 Å². The number of hydrogen-bond donors (Lipinski definition) is 3. The van der Waals surface area contributed by atoms with Gasteiger partial charge in [-0.15, -0.1) is 0 Å². The third kappa shape index (κ3) is 5.71. The standard InChI is InChI=1S/C19H20N2O5/c1-13-7-9-15(10-8-13)20-17(23)12-26-19(25)16(11-22)21-18(24)14-5-3-2-4-6-14/h2-10,16,22H,11-12H2,1H3,(H,20,23)(H,21,24). The largest absolute Gasteiger partial charge is 0.454 e. The fourth-order valence-corrected chi connectivity index (χ4v) is 2.08. The Labute approximate surface area is 151 Å². The van der Waals surface area contributed by atoms with E-state index in [4.69, 9.17) is 4.74 Å². The summed E-state index contributed by atoms with van der Waals surface area (Å²) in [5.41, 5.74) is 1.97. The van der Waals surface area contributed by atoms with Crippen LogP contribution >= 0.6 is 0 Å². The molecule has 0 saturated heterocycles. The number of esters is 1. The topological polar surface area (TPSA) is 105 Å². The van der Waals surface area contributed by atoms with Crippen molar-refractivity contribution >= 4 is 23.5 Å². The molecule has 2 amide bonds. The van der Waals surface area contributed by atoms with Crippen molar-refractivity contribution in [3.8, 4) is 0 Å². The van der Waals surface area contributed by atoms with Gasteiger partial charge in [-0.25, -0.2) is 4.79 Å². The molecule has 0 saturated carbocycles. The number of amides is 2. The summed E-state index contributed by atoms with van der Waals surface area (Å²) in [4.78, 5) is 35.8. The summed E-state index contributed by atoms with van der Waals surface area (Å²) in [6.45, 7) is 0.757. The molecule has 0 spiro atoms. The Morgan fingerprint density at radius 2 is 1.69 bits per heavy atom. The van der Waals surface area contributed by atoms with Crippen LogP contribution in [0.2, 0.25) is 0 Å². The van der Waals surface area contributed by atoms with Gasteiger partial charge in [-0.2, -0.15) is 0 Å². The van der Waals surface area contributed by atoms with E-state index in [0.29, 0.717) is 11.3 Å². The number of benzene rings is 2. The lowest BCUT2D eigenvalue weighted by molar-refractivity contribution is -0.150. The number of anilines is 1. The SMILES string of the molecule is Cc1ccc(NC(=O)COC(=O)C(CO)NC(=O)c2ccccc2)cc1. The van der Waals surface area contributed by atoms with Gasteiger partial charge < -0.3 is 20.5 Å². The molecule has 0 aromatic heterocycles. The molecule has 0 radical (unpaired) electrons. The van der Waals surface area contributed by atoms with Gasteiger partial charge in [0.2, 0.25) is 0 Å². The zero-order valence-corrected chi connectivity index (χ0v) is 14.3. The number of aliphatic hydroxyl groups excluding tert-OH is 1. The lowest BCUT2D eigenvalue weighted by Crippen LogP contribution is -2.45. The second-order valence-electron chi connectivity index (χ2n) is 5.60. The van der Waals surface area contributed by atoms with E-state index in [2.05, 4.69) is 10.6 Å². The van der Waals surface area contributed by atoms with Gasteiger partial charge in [-0.1, -0.05) is 35.9 Å². The van der Waals surface area contributed by atoms with Crippen molar-refractivity contribution in [2.75, 3.05) is 18.5 Å². The first-order chi connectivity index (χ1) is 12.5. The molecule has 1 unspecified atom stereocenters. The Morgan fingerprint density at radius 1 is 1.04 bits per heavy atom. The first kappa shape index (κ1) is 19.1. The predicted octanol–water partition coefficient (Wildman–Crippen LogP) is 1.27. The third-order valence-electron chi connectivity index (χ3n) is 3.49. The van der Waals surface area contributed by atoms with Crippen LogP contribution in [0.3, 0.4) is 0 Å². The number of ether oxygens (including phenoxy) is 1. The van der Waals surface area contributed by atoms with Crippen LogP contribution in [0.25, 0.3) is 0 Å². The minimum atomic E-state index is -1.25. The molecule has 136 valence electrons. The summed E-state index contributed by atoms with van der Waals surface area (Å²) in [7, 11) is 0. The van der Waals surface area contributed by atoms with Crippen LogP contribution < -0.4 is 10.6 Å². The highest BCUT2D eigenvalue weighted by Gasteiger charge is 2.22. The fourth-order valence-electron chi connectivity index (χ4n) is 2.08. The van der Waals surface area contributed by atoms with Crippen LogP contribution in [0, 0.1) is 6.92 Å². The van der Waals surface area contributed by atoms with Crippen LogP contribution in [-0.4, -0.2) is 42.1 Å². The quantitative estimate of drug-likeness (QED) is 0.648. The van der Waals surface area contributed by atoms with E-state index in [1.54, 1.807) is 42.5 Å². The minimum absolute atomic E-state index is 0.343. The van der Waals surface area contributed by atoms with Gasteiger partial charge in [0.15, 0.2) is 12.6 Å². The normalized spacial score (nSPS) is 11.3. The molecule has 0 aliphatic carbocycles. The Hall–Kier alpha value is -3.19. The highest BCUT2D eigenvalue weighted by atomic mass is 16.5. The Bertz CT molecular complexity index is 759. The highest BCUT2D eigenvalue weighted by Crippen LogP contribution is 2.08. The molecule has 1 atom stereocenters. The van der Waals surface area contributed by atoms with E-state index in [0.717, 1.165) is 5.56 Å². The number of carbonyl (C=O) groups is 3. The van der Waals surface area contributed by atoms with E-state index in [1.165, 1.54) is 0 Å². The fraction of sp³-hybridized carbons (Fsp3) is 0.211. The van der Waals surface area contributed by atoms with Crippen molar-refractivity contribution in [3.05, 3.63) is 65.7 Å². The van der Waals surface area contributed by atoms with Gasteiger partial charge in [0.25, 0.3) is 11.8 Å². The zero-order chi connectivity index (χ0) is 18.9. The highest BCUT2D eigenvalue weighted by molar-refractivity contribution is 5.97. The molecule has 0 heterocycles. The van der Waals surface area contributed by atoms with Crippen LogP contribution in [0.4, 0.5) is 5.69 Å². The van der Waals surface area contributed by atoms with Crippen molar-refractivity contribution in [2.45, 2.75) is 13.0 Å². The Morgan fingerprint density at radius 3 is 2.31 bits per heavy atom. The van der Waals surface area contributed by atoms with Crippen molar-refractivity contribution in [1.29, 1.82) is 0 Å². The number of nitrogens with one attached hydrogen (secondary N) is 2. The van der Waals surface area contributed by atoms with Crippen LogP contribution in [0.15, 0.2) is 54.6 Å². The summed E-state index contributed by atoms with van der Waals surface area (Å²) in [5.74, 6) is -1.94. The molecule has 0 aliphatic rings. The average Bonchev–Trinajstić information content (AvgIpc) is 2.66. The first-order valence-corrected chi connectivity index (χ1v) is 7.99. The van der Waals surface area contributed by atoms with Gasteiger partial charge in [0, 0.05) is 11.3 Å². The van der Waals surface area contributed by atoms with Crippen molar-refractivity contribution in [3.63, 3.8) is 0 Å². The number of aliphatic hydroxyl groups is 1. The summed E-state index contributed by atoms with van der Waals surface area (Å²) in [5, 5.41) is 14.3. The van der Waals surface area contributed by atoms with E-state index >= 15 is 0 Å². The number of hydrogen-bond acceptors (Lipinski definition) is 5. The third-order valence-corrected chi connectivity index (χ3v) is 3.49. The number of rotatable bonds is 7.